The highest BCUT2D eigenvalue weighted by molar-refractivity contribution is 5.91. The molecule has 3 aromatic rings. The van der Waals surface area contributed by atoms with Crippen molar-refractivity contribution in [3.05, 3.63) is 59.9 Å². The summed E-state index contributed by atoms with van der Waals surface area (Å²) in [6.45, 7) is 1.52. The molecule has 1 N–H and O–H groups in total. The Bertz CT molecular complexity index is 944. The van der Waals surface area contributed by atoms with E-state index in [2.05, 4.69) is 9.97 Å². The standard InChI is InChI=1S/C20H19N3O3/c1-23(13-19-21-15-4-2-3-5-16(15)22-19)20(24)9-7-14-6-8-17-18(12-14)26-11-10-25-17/h2-9,12H,10-11,13H2,1H3,(H,21,22)/b9-7-. The number of amides is 1. The van der Waals surface area contributed by atoms with E-state index < -0.39 is 0 Å². The second-order valence-corrected chi connectivity index (χ2v) is 6.13. The molecule has 26 heavy (non-hydrogen) atoms. The lowest BCUT2D eigenvalue weighted by Gasteiger charge is -2.18. The Morgan fingerprint density at radius 2 is 2.00 bits per heavy atom. The molecule has 0 saturated heterocycles. The maximum absolute atomic E-state index is 12.4. The lowest BCUT2D eigenvalue weighted by atomic mass is 10.2. The van der Waals surface area contributed by atoms with Crippen molar-refractivity contribution >= 4 is 23.0 Å². The van der Waals surface area contributed by atoms with Gasteiger partial charge in [-0.05, 0) is 35.9 Å². The molecule has 6 heteroatoms. The molecule has 0 fully saturated rings. The molecule has 0 radical (unpaired) electrons. The number of aromatic nitrogens is 2. The third-order valence-electron chi connectivity index (χ3n) is 4.19. The number of benzene rings is 2. The molecule has 0 bridgehead atoms. The first-order valence-corrected chi connectivity index (χ1v) is 8.45. The summed E-state index contributed by atoms with van der Waals surface area (Å²) in [5, 5.41) is 0. The lowest BCUT2D eigenvalue weighted by molar-refractivity contribution is -0.125. The first-order valence-electron chi connectivity index (χ1n) is 8.45. The molecule has 1 aliphatic heterocycles. The van der Waals surface area contributed by atoms with Crippen LogP contribution in [0.3, 0.4) is 0 Å². The number of hydrogen-bond acceptors (Lipinski definition) is 4. The van der Waals surface area contributed by atoms with E-state index >= 15 is 0 Å². The normalized spacial score (nSPS) is 13.3. The van der Waals surface area contributed by atoms with Crippen LogP contribution in [0.2, 0.25) is 0 Å². The molecule has 0 spiro atoms. The number of H-pyrrole nitrogens is 1. The zero-order chi connectivity index (χ0) is 17.9. The fourth-order valence-electron chi connectivity index (χ4n) is 2.84. The maximum atomic E-state index is 12.4. The quantitative estimate of drug-likeness (QED) is 0.735. The molecule has 1 aliphatic rings. The fourth-order valence-corrected chi connectivity index (χ4v) is 2.84. The molecular weight excluding hydrogens is 330 g/mol. The van der Waals surface area contributed by atoms with Gasteiger partial charge in [0.2, 0.25) is 5.91 Å². The highest BCUT2D eigenvalue weighted by Gasteiger charge is 2.12. The summed E-state index contributed by atoms with van der Waals surface area (Å²) in [6.07, 6.45) is 3.32. The number of fused-ring (bicyclic) bond motifs is 2. The highest BCUT2D eigenvalue weighted by Crippen LogP contribution is 2.31. The first kappa shape index (κ1) is 16.2. The Morgan fingerprint density at radius 1 is 1.19 bits per heavy atom. The Morgan fingerprint density at radius 3 is 2.85 bits per heavy atom. The van der Waals surface area contributed by atoms with Crippen LogP contribution in [0, 0.1) is 0 Å². The SMILES string of the molecule is CN(Cc1nc2ccccc2[nH]1)C(=O)/C=C\c1ccc2c(c1)OCCO2. The van der Waals surface area contributed by atoms with E-state index in [4.69, 9.17) is 9.47 Å². The second-order valence-electron chi connectivity index (χ2n) is 6.13. The van der Waals surface area contributed by atoms with E-state index in [0.29, 0.717) is 25.5 Å². The molecule has 0 aliphatic carbocycles. The van der Waals surface area contributed by atoms with Crippen LogP contribution in [0.5, 0.6) is 11.5 Å². The largest absolute Gasteiger partial charge is 0.486 e. The van der Waals surface area contributed by atoms with E-state index in [1.54, 1.807) is 24.1 Å². The highest BCUT2D eigenvalue weighted by atomic mass is 16.6. The second kappa shape index (κ2) is 6.92. The summed E-state index contributed by atoms with van der Waals surface area (Å²) >= 11 is 0. The fraction of sp³-hybridized carbons (Fsp3) is 0.200. The van der Waals surface area contributed by atoms with Gasteiger partial charge in [0.25, 0.3) is 0 Å². The molecule has 0 saturated carbocycles. The Kier molecular flexibility index (Phi) is 4.31. The van der Waals surface area contributed by atoms with Crippen LogP contribution in [0.25, 0.3) is 17.1 Å². The third-order valence-corrected chi connectivity index (χ3v) is 4.19. The van der Waals surface area contributed by atoms with Gasteiger partial charge >= 0.3 is 0 Å². The summed E-state index contributed by atoms with van der Waals surface area (Å²) in [5.41, 5.74) is 2.75. The van der Waals surface area contributed by atoms with Gasteiger partial charge in [0.15, 0.2) is 11.5 Å². The van der Waals surface area contributed by atoms with Crippen molar-refractivity contribution in [2.45, 2.75) is 6.54 Å². The number of nitrogens with zero attached hydrogens (tertiary/aromatic N) is 2. The van der Waals surface area contributed by atoms with Gasteiger partial charge in [-0.2, -0.15) is 0 Å². The van der Waals surface area contributed by atoms with Crippen molar-refractivity contribution in [2.24, 2.45) is 0 Å². The monoisotopic (exact) mass is 349 g/mol. The Hall–Kier alpha value is -3.28. The summed E-state index contributed by atoms with van der Waals surface area (Å²) in [4.78, 5) is 21.7. The van der Waals surface area contributed by atoms with Crippen molar-refractivity contribution in [1.82, 2.24) is 14.9 Å². The minimum atomic E-state index is -0.0969. The van der Waals surface area contributed by atoms with Crippen LogP contribution in [-0.4, -0.2) is 41.0 Å². The van der Waals surface area contributed by atoms with Gasteiger partial charge in [-0.15, -0.1) is 0 Å². The van der Waals surface area contributed by atoms with Gasteiger partial charge in [0, 0.05) is 13.1 Å². The van der Waals surface area contributed by atoms with Crippen molar-refractivity contribution in [3.63, 3.8) is 0 Å². The number of aromatic amines is 1. The number of likely N-dealkylation sites (N-methyl/N-ethyl adjacent to an activating group) is 1. The molecule has 132 valence electrons. The molecule has 1 aromatic heterocycles. The molecule has 4 rings (SSSR count). The minimum absolute atomic E-state index is 0.0969. The van der Waals surface area contributed by atoms with Crippen molar-refractivity contribution in [1.29, 1.82) is 0 Å². The van der Waals surface area contributed by atoms with Crippen LogP contribution in [0.15, 0.2) is 48.5 Å². The predicted molar refractivity (Wildman–Crippen MR) is 99.0 cm³/mol. The predicted octanol–water partition coefficient (Wildman–Crippen LogP) is 3.01. The number of carbonyl (C=O) groups excluding carboxylic acids is 1. The van der Waals surface area contributed by atoms with E-state index in [1.165, 1.54) is 0 Å². The first-order chi connectivity index (χ1) is 12.7. The Balaban J connectivity index is 1.42. The smallest absolute Gasteiger partial charge is 0.246 e. The van der Waals surface area contributed by atoms with E-state index in [0.717, 1.165) is 28.2 Å². The van der Waals surface area contributed by atoms with E-state index in [1.807, 2.05) is 42.5 Å². The zero-order valence-corrected chi connectivity index (χ0v) is 14.4. The number of carbonyl (C=O) groups is 1. The van der Waals surface area contributed by atoms with E-state index in [9.17, 15) is 4.79 Å². The average molecular weight is 349 g/mol. The number of ether oxygens (including phenoxy) is 2. The number of para-hydroxylation sites is 2. The molecule has 1 amide bonds. The summed E-state index contributed by atoms with van der Waals surface area (Å²) in [7, 11) is 1.75. The van der Waals surface area contributed by atoms with Gasteiger partial charge < -0.3 is 19.4 Å². The van der Waals surface area contributed by atoms with Crippen LogP contribution in [0.1, 0.15) is 11.4 Å². The Labute approximate surface area is 151 Å². The van der Waals surface area contributed by atoms with Crippen LogP contribution in [-0.2, 0) is 11.3 Å². The number of nitrogens with one attached hydrogen (secondary N) is 1. The molecule has 2 heterocycles. The van der Waals surface area contributed by atoms with Crippen molar-refractivity contribution < 1.29 is 14.3 Å². The zero-order valence-electron chi connectivity index (χ0n) is 14.4. The average Bonchev–Trinajstić information content (AvgIpc) is 3.08. The lowest BCUT2D eigenvalue weighted by Crippen LogP contribution is -2.24. The van der Waals surface area contributed by atoms with Crippen molar-refractivity contribution in [2.75, 3.05) is 20.3 Å². The number of hydrogen-bond donors (Lipinski definition) is 1. The molecular formula is C20H19N3O3. The molecule has 2 aromatic carbocycles. The van der Waals surface area contributed by atoms with Gasteiger partial charge in [-0.1, -0.05) is 18.2 Å². The summed E-state index contributed by atoms with van der Waals surface area (Å²) in [5.74, 6) is 2.11. The van der Waals surface area contributed by atoms with Gasteiger partial charge in [-0.25, -0.2) is 4.98 Å². The summed E-state index contributed by atoms with van der Waals surface area (Å²) in [6, 6.07) is 13.4. The maximum Gasteiger partial charge on any atom is 0.246 e. The van der Waals surface area contributed by atoms with Gasteiger partial charge in [-0.3, -0.25) is 4.79 Å². The van der Waals surface area contributed by atoms with Crippen LogP contribution in [0.4, 0.5) is 0 Å². The van der Waals surface area contributed by atoms with Gasteiger partial charge in [0.1, 0.15) is 19.0 Å². The van der Waals surface area contributed by atoms with E-state index in [-0.39, 0.29) is 5.91 Å². The number of imidazole rings is 1. The topological polar surface area (TPSA) is 67.5 Å². The molecule has 6 nitrogen and oxygen atoms in total. The summed E-state index contributed by atoms with van der Waals surface area (Å²) < 4.78 is 11.1. The molecule has 0 atom stereocenters. The molecule has 0 unspecified atom stereocenters. The minimum Gasteiger partial charge on any atom is -0.486 e. The third kappa shape index (κ3) is 3.39. The van der Waals surface area contributed by atoms with Gasteiger partial charge in [0.05, 0.1) is 17.6 Å². The van der Waals surface area contributed by atoms with Crippen molar-refractivity contribution in [3.8, 4) is 11.5 Å². The number of rotatable bonds is 4. The van der Waals surface area contributed by atoms with Crippen LogP contribution < -0.4 is 9.47 Å². The van der Waals surface area contributed by atoms with Crippen LogP contribution >= 0.6 is 0 Å².